The van der Waals surface area contributed by atoms with Crippen LogP contribution in [-0.4, -0.2) is 63.6 Å². The molecule has 0 spiro atoms. The molecule has 1 saturated heterocycles. The molecule has 0 amide bonds. The Kier molecular flexibility index (Phi) is 4.70. The molecule has 0 aliphatic carbocycles. The Labute approximate surface area is 214 Å². The van der Waals surface area contributed by atoms with Crippen LogP contribution in [0, 0.1) is 18.6 Å². The fraction of sp³-hybridized carbons (Fsp3) is 0.360. The lowest BCUT2D eigenvalue weighted by Gasteiger charge is -2.32. The fourth-order valence-electron chi connectivity index (χ4n) is 5.39. The third-order valence-electron chi connectivity index (χ3n) is 6.98. The van der Waals surface area contributed by atoms with Gasteiger partial charge < -0.3 is 14.4 Å². The molecule has 0 aromatic carbocycles. The second-order valence-corrected chi connectivity index (χ2v) is 9.11. The number of carboxylic acid groups (broad SMARTS) is 1. The first kappa shape index (κ1) is 19.9. The highest BCUT2D eigenvalue weighted by Gasteiger charge is 2.36. The summed E-state index contributed by atoms with van der Waals surface area (Å²) in [7, 11) is 3.20. The summed E-state index contributed by atoms with van der Waals surface area (Å²) in [5.41, 5.74) is 2.04. The van der Waals surface area contributed by atoms with Crippen molar-refractivity contribution in [2.24, 2.45) is 20.0 Å². The number of carboxylic acids is 1. The molecule has 12 heteroatoms. The van der Waals surface area contributed by atoms with E-state index >= 15 is 4.39 Å². The number of aromatic nitrogens is 8. The molecule has 1 aliphatic heterocycles. The Balaban J connectivity index is 1.73. The van der Waals surface area contributed by atoms with Gasteiger partial charge in [0.2, 0.25) is 0 Å². The van der Waals surface area contributed by atoms with Crippen molar-refractivity contribution in [3.05, 3.63) is 53.5 Å². The van der Waals surface area contributed by atoms with E-state index in [0.717, 1.165) is 0 Å². The number of hydrogen-bond donors (Lipinski definition) is 1. The van der Waals surface area contributed by atoms with Gasteiger partial charge in [-0.25, -0.2) is 13.9 Å². The van der Waals surface area contributed by atoms with Crippen molar-refractivity contribution in [1.82, 2.24) is 39.3 Å². The number of rotatable bonds is 5. The van der Waals surface area contributed by atoms with E-state index < -0.39 is 24.7 Å². The van der Waals surface area contributed by atoms with Crippen LogP contribution >= 0.6 is 0 Å². The molecule has 0 radical (unpaired) electrons. The average molecular weight is 508 g/mol. The summed E-state index contributed by atoms with van der Waals surface area (Å²) >= 11 is 0. The zero-order valence-corrected chi connectivity index (χ0v) is 20.1. The maximum atomic E-state index is 15.4. The molecule has 1 fully saturated rings. The molecule has 0 bridgehead atoms. The molecule has 190 valence electrons. The zero-order chi connectivity index (χ0) is 28.3. The van der Waals surface area contributed by atoms with Crippen molar-refractivity contribution in [3.8, 4) is 11.3 Å². The quantitative estimate of drug-likeness (QED) is 0.384. The number of hydrogen-bond acceptors (Lipinski definition) is 7. The van der Waals surface area contributed by atoms with Gasteiger partial charge in [-0.2, -0.15) is 5.10 Å². The monoisotopic (exact) mass is 507 g/mol. The highest BCUT2D eigenvalue weighted by atomic mass is 19.1. The van der Waals surface area contributed by atoms with Crippen LogP contribution in [0.4, 0.5) is 4.39 Å². The minimum atomic E-state index is -2.53. The molecule has 37 heavy (non-hydrogen) atoms. The van der Waals surface area contributed by atoms with Gasteiger partial charge >= 0.3 is 5.97 Å². The summed E-state index contributed by atoms with van der Waals surface area (Å²) < 4.78 is 49.4. The van der Waals surface area contributed by atoms with Gasteiger partial charge in [-0.15, -0.1) is 5.10 Å². The number of aryl methyl sites for hydroxylation is 3. The van der Waals surface area contributed by atoms with Crippen molar-refractivity contribution >= 4 is 28.0 Å². The molecule has 5 aromatic rings. The van der Waals surface area contributed by atoms with Gasteiger partial charge in [0.25, 0.3) is 0 Å². The molecule has 6 rings (SSSR count). The van der Waals surface area contributed by atoms with Crippen LogP contribution in [0.25, 0.3) is 33.3 Å². The van der Waals surface area contributed by atoms with Crippen LogP contribution < -0.4 is 0 Å². The molecule has 1 atom stereocenters. The van der Waals surface area contributed by atoms with E-state index in [1.807, 2.05) is 0 Å². The largest absolute Gasteiger partial charge is 0.476 e. The minimum Gasteiger partial charge on any atom is -0.476 e. The van der Waals surface area contributed by atoms with Gasteiger partial charge in [-0.3, -0.25) is 14.6 Å². The molecule has 11 nitrogen and oxygen atoms in total. The Morgan fingerprint density at radius 3 is 2.78 bits per heavy atom. The van der Waals surface area contributed by atoms with Gasteiger partial charge in [0.15, 0.2) is 5.69 Å². The van der Waals surface area contributed by atoms with Crippen LogP contribution in [0.3, 0.4) is 0 Å². The van der Waals surface area contributed by atoms with E-state index in [0.29, 0.717) is 48.2 Å². The number of halogens is 1. The van der Waals surface area contributed by atoms with Crippen LogP contribution in [0.5, 0.6) is 0 Å². The summed E-state index contributed by atoms with van der Waals surface area (Å²) in [6, 6.07) is 3.82. The van der Waals surface area contributed by atoms with Crippen LogP contribution in [0.2, 0.25) is 0 Å². The number of pyridine rings is 2. The van der Waals surface area contributed by atoms with Gasteiger partial charge in [0, 0.05) is 49.4 Å². The van der Waals surface area contributed by atoms with Crippen LogP contribution in [0.1, 0.15) is 44.9 Å². The summed E-state index contributed by atoms with van der Waals surface area (Å²) in [5.74, 6) is -1.93. The third kappa shape index (κ3) is 3.58. The SMILES string of the molecule is [2H]C([2H])([2H])c1nnn(C)c1-c1cnc2c3c(c(C(=O)O)nn3C)n(C(c3ncccc3F)C3CCOCC3)c2c1. The second-order valence-electron chi connectivity index (χ2n) is 9.11. The Morgan fingerprint density at radius 2 is 2.05 bits per heavy atom. The van der Waals surface area contributed by atoms with Crippen LogP contribution in [0.15, 0.2) is 30.6 Å². The third-order valence-corrected chi connectivity index (χ3v) is 6.98. The lowest BCUT2D eigenvalue weighted by Crippen LogP contribution is -2.28. The van der Waals surface area contributed by atoms with Crippen molar-refractivity contribution in [1.29, 1.82) is 0 Å². The van der Waals surface area contributed by atoms with Crippen molar-refractivity contribution in [3.63, 3.8) is 0 Å². The first-order valence-electron chi connectivity index (χ1n) is 13.3. The highest BCUT2D eigenvalue weighted by molar-refractivity contribution is 6.11. The lowest BCUT2D eigenvalue weighted by atomic mass is 9.88. The van der Waals surface area contributed by atoms with Crippen molar-refractivity contribution in [2.75, 3.05) is 13.2 Å². The Bertz CT molecular complexity index is 1770. The zero-order valence-electron chi connectivity index (χ0n) is 23.1. The van der Waals surface area contributed by atoms with Gasteiger partial charge in [-0.05, 0) is 43.8 Å². The predicted molar refractivity (Wildman–Crippen MR) is 132 cm³/mol. The number of nitrogens with zero attached hydrogens (tertiary/aromatic N) is 8. The lowest BCUT2D eigenvalue weighted by molar-refractivity contribution is 0.0541. The molecular formula is C25H25FN8O3. The number of aromatic carboxylic acids is 1. The summed E-state index contributed by atoms with van der Waals surface area (Å²) in [6.45, 7) is -1.61. The summed E-state index contributed by atoms with van der Waals surface area (Å²) in [5, 5.41) is 22.2. The topological polar surface area (TPSA) is 126 Å². The maximum Gasteiger partial charge on any atom is 0.358 e. The smallest absolute Gasteiger partial charge is 0.358 e. The van der Waals surface area contributed by atoms with E-state index in [9.17, 15) is 9.90 Å². The first-order valence-corrected chi connectivity index (χ1v) is 11.8. The normalized spacial score (nSPS) is 17.1. The van der Waals surface area contributed by atoms with Crippen LogP contribution in [-0.2, 0) is 18.8 Å². The number of ether oxygens (including phenoxy) is 1. The van der Waals surface area contributed by atoms with Gasteiger partial charge in [0.1, 0.15) is 22.4 Å². The standard InChI is InChI=1S/C25H25FN8O3/c1-13-21(33(3)31-29-13)15-11-17-19(28-12-15)23-24(20(25(35)36)30-32(23)2)34(17)22(14-6-9-37-10-7-14)18-16(26)5-4-8-27-18/h4-5,8,11-12,14,22H,6-7,9-10H2,1-3H3,(H,35,36)/i1D3. The summed E-state index contributed by atoms with van der Waals surface area (Å²) in [4.78, 5) is 21.5. The number of carbonyl (C=O) groups is 1. The maximum absolute atomic E-state index is 15.4. The minimum absolute atomic E-state index is 0.154. The van der Waals surface area contributed by atoms with E-state index in [-0.39, 0.29) is 34.2 Å². The van der Waals surface area contributed by atoms with E-state index in [4.69, 9.17) is 8.85 Å². The molecule has 6 heterocycles. The molecular weight excluding hydrogens is 479 g/mol. The average Bonchev–Trinajstić information content (AvgIpc) is 3.57. The van der Waals surface area contributed by atoms with Gasteiger partial charge in [0.05, 0.1) is 28.6 Å². The Hall–Kier alpha value is -4.19. The highest BCUT2D eigenvalue weighted by Crippen LogP contribution is 2.42. The fourth-order valence-corrected chi connectivity index (χ4v) is 5.39. The predicted octanol–water partition coefficient (Wildman–Crippen LogP) is 3.28. The molecule has 0 saturated carbocycles. The molecule has 1 N–H and O–H groups in total. The molecule has 1 unspecified atom stereocenters. The number of fused-ring (bicyclic) bond motifs is 3. The molecule has 1 aliphatic rings. The van der Waals surface area contributed by atoms with E-state index in [1.165, 1.54) is 33.9 Å². The van der Waals surface area contributed by atoms with Crippen molar-refractivity contribution < 1.29 is 23.1 Å². The Morgan fingerprint density at radius 1 is 1.24 bits per heavy atom. The van der Waals surface area contributed by atoms with E-state index in [2.05, 4.69) is 25.4 Å². The summed E-state index contributed by atoms with van der Waals surface area (Å²) in [6.07, 6.45) is 4.18. The second kappa shape index (κ2) is 8.73. The van der Waals surface area contributed by atoms with Gasteiger partial charge in [-0.1, -0.05) is 5.21 Å². The van der Waals surface area contributed by atoms with Crippen molar-refractivity contribution in [2.45, 2.75) is 25.7 Å². The molecule has 5 aromatic heterocycles. The first-order chi connectivity index (χ1) is 19.1. The van der Waals surface area contributed by atoms with E-state index in [1.54, 1.807) is 24.7 Å².